The van der Waals surface area contributed by atoms with Gasteiger partial charge in [-0.25, -0.2) is 8.78 Å². The van der Waals surface area contributed by atoms with Gasteiger partial charge in [-0.3, -0.25) is 4.79 Å². The molecular weight excluding hydrogens is 428 g/mol. The molecule has 1 aromatic rings. The van der Waals surface area contributed by atoms with Crippen molar-refractivity contribution < 1.29 is 23.0 Å². The van der Waals surface area contributed by atoms with Gasteiger partial charge in [-0.2, -0.15) is 0 Å². The molecule has 8 heteroatoms. The van der Waals surface area contributed by atoms with E-state index >= 15 is 0 Å². The molecule has 182 valence electrons. The van der Waals surface area contributed by atoms with E-state index in [1.54, 1.807) is 4.90 Å². The summed E-state index contributed by atoms with van der Waals surface area (Å²) in [4.78, 5) is 19.1. The average molecular weight is 464 g/mol. The van der Waals surface area contributed by atoms with Gasteiger partial charge in [0.15, 0.2) is 0 Å². The van der Waals surface area contributed by atoms with Crippen LogP contribution in [0.1, 0.15) is 44.9 Å². The molecule has 0 spiro atoms. The van der Waals surface area contributed by atoms with E-state index in [9.17, 15) is 13.6 Å². The fourth-order valence-corrected chi connectivity index (χ4v) is 5.57. The Labute approximate surface area is 194 Å². The maximum absolute atomic E-state index is 13.5. The number of carbonyl (C=O) groups excluding carboxylic acids is 1. The number of hydrogen-bond donors (Lipinski definition) is 0. The first-order valence-corrected chi connectivity index (χ1v) is 12.5. The number of anilines is 1. The molecule has 1 saturated carbocycles. The van der Waals surface area contributed by atoms with Crippen molar-refractivity contribution in [2.24, 2.45) is 0 Å². The molecule has 3 saturated heterocycles. The molecule has 1 aromatic carbocycles. The maximum Gasteiger partial charge on any atom is 0.253 e. The van der Waals surface area contributed by atoms with Crippen molar-refractivity contribution in [1.82, 2.24) is 9.80 Å². The number of halogens is 2. The van der Waals surface area contributed by atoms with E-state index in [1.807, 2.05) is 29.2 Å². The molecule has 1 amide bonds. The molecule has 4 aliphatic rings. The Bertz CT molecular complexity index is 800. The Balaban J connectivity index is 1.16. The van der Waals surface area contributed by atoms with Crippen LogP contribution in [-0.4, -0.2) is 85.8 Å². The fraction of sp³-hybridized carbons (Fsp3) is 0.720. The van der Waals surface area contributed by atoms with E-state index in [-0.39, 0.29) is 37.5 Å². The summed E-state index contributed by atoms with van der Waals surface area (Å²) in [7, 11) is 0. The number of carbonyl (C=O) groups is 1. The maximum atomic E-state index is 13.5. The van der Waals surface area contributed by atoms with E-state index in [4.69, 9.17) is 9.47 Å². The highest BCUT2D eigenvalue weighted by atomic mass is 19.3. The van der Waals surface area contributed by atoms with E-state index in [1.165, 1.54) is 32.4 Å². The van der Waals surface area contributed by atoms with E-state index in [2.05, 4.69) is 4.90 Å². The molecule has 0 bridgehead atoms. The van der Waals surface area contributed by atoms with Crippen molar-refractivity contribution in [1.29, 1.82) is 0 Å². The zero-order valence-corrected chi connectivity index (χ0v) is 19.3. The third-order valence-corrected chi connectivity index (χ3v) is 7.62. The molecule has 4 fully saturated rings. The van der Waals surface area contributed by atoms with Gasteiger partial charge in [-0.05, 0) is 50.2 Å². The lowest BCUT2D eigenvalue weighted by atomic mass is 9.86. The molecular formula is C25H35F2N3O3. The van der Waals surface area contributed by atoms with E-state index < -0.39 is 5.92 Å². The quantitative estimate of drug-likeness (QED) is 0.646. The number of rotatable bonds is 6. The molecule has 6 nitrogen and oxygen atoms in total. The minimum absolute atomic E-state index is 0.0484. The van der Waals surface area contributed by atoms with Crippen LogP contribution in [0.25, 0.3) is 0 Å². The Morgan fingerprint density at radius 3 is 2.39 bits per heavy atom. The number of alkyl halides is 2. The highest BCUT2D eigenvalue weighted by Gasteiger charge is 2.38. The van der Waals surface area contributed by atoms with Crippen LogP contribution in [0.3, 0.4) is 0 Å². The summed E-state index contributed by atoms with van der Waals surface area (Å²) in [6.45, 7) is 4.14. The van der Waals surface area contributed by atoms with Crippen molar-refractivity contribution in [3.05, 3.63) is 24.3 Å². The van der Waals surface area contributed by atoms with Gasteiger partial charge in [0.05, 0.1) is 12.6 Å². The average Bonchev–Trinajstić information content (AvgIpc) is 2.79. The Morgan fingerprint density at radius 1 is 1.00 bits per heavy atom. The SMILES string of the molecule is O=C1COCC(CN2CCC(F)(F)CC2)N1c1ccc(O[C@H]2C[C@H](N3CCCCC3)C2)cc1. The molecule has 0 radical (unpaired) electrons. The van der Waals surface area contributed by atoms with Gasteiger partial charge in [0.25, 0.3) is 11.8 Å². The molecule has 3 heterocycles. The Morgan fingerprint density at radius 2 is 1.70 bits per heavy atom. The number of nitrogens with zero attached hydrogens (tertiary/aromatic N) is 3. The van der Waals surface area contributed by atoms with E-state index in [0.29, 0.717) is 32.3 Å². The lowest BCUT2D eigenvalue weighted by Crippen LogP contribution is -2.55. The monoisotopic (exact) mass is 463 g/mol. The van der Waals surface area contributed by atoms with Crippen molar-refractivity contribution in [3.63, 3.8) is 0 Å². The van der Waals surface area contributed by atoms with Crippen molar-refractivity contribution in [2.75, 3.05) is 50.8 Å². The predicted molar refractivity (Wildman–Crippen MR) is 122 cm³/mol. The smallest absolute Gasteiger partial charge is 0.253 e. The zero-order chi connectivity index (χ0) is 22.8. The number of piperidine rings is 2. The van der Waals surface area contributed by atoms with Gasteiger partial charge in [-0.15, -0.1) is 0 Å². The number of morpholine rings is 1. The highest BCUT2D eigenvalue weighted by molar-refractivity contribution is 5.95. The molecule has 1 atom stereocenters. The Kier molecular flexibility index (Phi) is 6.86. The van der Waals surface area contributed by atoms with Crippen LogP contribution in [0, 0.1) is 0 Å². The zero-order valence-electron chi connectivity index (χ0n) is 19.3. The second kappa shape index (κ2) is 9.84. The first-order chi connectivity index (χ1) is 16.0. The molecule has 0 N–H and O–H groups in total. The number of amides is 1. The van der Waals surface area contributed by atoms with Crippen molar-refractivity contribution in [2.45, 2.75) is 69.1 Å². The van der Waals surface area contributed by atoms with Gasteiger partial charge in [-0.1, -0.05) is 6.42 Å². The Hall–Kier alpha value is -1.77. The molecule has 3 aliphatic heterocycles. The standard InChI is InChI=1S/C25H35F2N3O3/c26-25(27)8-12-28(13-9-25)16-21-17-32-18-24(31)30(21)19-4-6-22(7-5-19)33-23-14-20(15-23)29-10-2-1-3-11-29/h4-7,20-21,23H,1-3,8-18H2/t20-,21?,23-. The van der Waals surface area contributed by atoms with Gasteiger partial charge in [0.2, 0.25) is 0 Å². The van der Waals surface area contributed by atoms with Gasteiger partial charge >= 0.3 is 0 Å². The molecule has 1 unspecified atom stereocenters. The number of likely N-dealkylation sites (tertiary alicyclic amines) is 2. The van der Waals surface area contributed by atoms with E-state index in [0.717, 1.165) is 24.3 Å². The summed E-state index contributed by atoms with van der Waals surface area (Å²) in [6, 6.07) is 8.21. The van der Waals surface area contributed by atoms with Crippen LogP contribution in [0.5, 0.6) is 5.75 Å². The van der Waals surface area contributed by atoms with Crippen molar-refractivity contribution in [3.8, 4) is 5.75 Å². The topological polar surface area (TPSA) is 45.3 Å². The first kappa shape index (κ1) is 23.0. The number of benzene rings is 1. The molecule has 0 aromatic heterocycles. The highest BCUT2D eigenvalue weighted by Crippen LogP contribution is 2.33. The largest absolute Gasteiger partial charge is 0.490 e. The second-order valence-corrected chi connectivity index (χ2v) is 10.0. The van der Waals surface area contributed by atoms with Gasteiger partial charge in [0, 0.05) is 57.0 Å². The first-order valence-electron chi connectivity index (χ1n) is 12.5. The third-order valence-electron chi connectivity index (χ3n) is 7.62. The summed E-state index contributed by atoms with van der Waals surface area (Å²) >= 11 is 0. The molecule has 5 rings (SSSR count). The summed E-state index contributed by atoms with van der Waals surface area (Å²) in [6.07, 6.45) is 6.17. The van der Waals surface area contributed by atoms with Crippen LogP contribution in [-0.2, 0) is 9.53 Å². The minimum atomic E-state index is -2.57. The van der Waals surface area contributed by atoms with Crippen LogP contribution in [0.2, 0.25) is 0 Å². The van der Waals surface area contributed by atoms with Crippen molar-refractivity contribution >= 4 is 11.6 Å². The van der Waals surface area contributed by atoms with Crippen LogP contribution in [0.15, 0.2) is 24.3 Å². The number of ether oxygens (including phenoxy) is 2. The minimum Gasteiger partial charge on any atom is -0.490 e. The summed E-state index contributed by atoms with van der Waals surface area (Å²) in [5.74, 6) is -1.83. The van der Waals surface area contributed by atoms with Crippen LogP contribution < -0.4 is 9.64 Å². The summed E-state index contributed by atoms with van der Waals surface area (Å²) in [5.41, 5.74) is 0.808. The lowest BCUT2D eigenvalue weighted by molar-refractivity contribution is -0.128. The summed E-state index contributed by atoms with van der Waals surface area (Å²) < 4.78 is 38.7. The van der Waals surface area contributed by atoms with Gasteiger partial charge < -0.3 is 24.2 Å². The molecule has 33 heavy (non-hydrogen) atoms. The van der Waals surface area contributed by atoms with Crippen LogP contribution >= 0.6 is 0 Å². The third kappa shape index (κ3) is 5.49. The predicted octanol–water partition coefficient (Wildman–Crippen LogP) is 3.55. The van der Waals surface area contributed by atoms with Gasteiger partial charge in [0.1, 0.15) is 18.5 Å². The fourth-order valence-electron chi connectivity index (χ4n) is 5.57. The normalized spacial score (nSPS) is 31.3. The summed E-state index contributed by atoms with van der Waals surface area (Å²) in [5, 5.41) is 0. The number of hydrogen-bond acceptors (Lipinski definition) is 5. The van der Waals surface area contributed by atoms with Crippen LogP contribution in [0.4, 0.5) is 14.5 Å². The second-order valence-electron chi connectivity index (χ2n) is 10.0. The lowest BCUT2D eigenvalue weighted by Gasteiger charge is -2.44. The molecule has 1 aliphatic carbocycles.